The number of primary amides is 1. The molecule has 0 aliphatic rings. The number of aliphatic hydroxyl groups is 1. The predicted molar refractivity (Wildman–Crippen MR) is 63.9 cm³/mol. The fourth-order valence-corrected chi connectivity index (χ4v) is 1.55. The molecule has 1 atom stereocenters. The predicted octanol–water partition coefficient (Wildman–Crippen LogP) is 2.11. The fourth-order valence-electron chi connectivity index (χ4n) is 1.55. The van der Waals surface area contributed by atoms with E-state index in [-0.39, 0.29) is 12.3 Å². The summed E-state index contributed by atoms with van der Waals surface area (Å²) in [6, 6.07) is 7.82. The third-order valence-corrected chi connectivity index (χ3v) is 2.65. The lowest BCUT2D eigenvalue weighted by Crippen LogP contribution is -2.12. The Bertz CT molecular complexity index is 343. The summed E-state index contributed by atoms with van der Waals surface area (Å²) in [7, 11) is 0. The van der Waals surface area contributed by atoms with Crippen molar-refractivity contribution in [1.29, 1.82) is 0 Å². The molecule has 0 radical (unpaired) electrons. The van der Waals surface area contributed by atoms with Gasteiger partial charge in [-0.2, -0.15) is 0 Å². The molecule has 3 nitrogen and oxygen atoms in total. The molecule has 0 aliphatic carbocycles. The Morgan fingerprint density at radius 3 is 2.19 bits per heavy atom. The van der Waals surface area contributed by atoms with E-state index in [2.05, 4.69) is 13.8 Å². The standard InChI is InChI=1S/C13H19NO2/c1-9(2)10-3-5-11(6-4-10)12(15)7-8-13(14)16/h3-6,9,12,15H,7-8H2,1-2H3,(H2,14,16). The largest absolute Gasteiger partial charge is 0.388 e. The van der Waals surface area contributed by atoms with E-state index in [4.69, 9.17) is 5.73 Å². The van der Waals surface area contributed by atoms with Crippen molar-refractivity contribution in [2.45, 2.75) is 38.7 Å². The van der Waals surface area contributed by atoms with Gasteiger partial charge in [0.2, 0.25) is 5.91 Å². The van der Waals surface area contributed by atoms with E-state index in [0.717, 1.165) is 5.56 Å². The summed E-state index contributed by atoms with van der Waals surface area (Å²) in [6.07, 6.45) is -0.00239. The van der Waals surface area contributed by atoms with Gasteiger partial charge in [0.25, 0.3) is 0 Å². The molecule has 0 aromatic heterocycles. The molecule has 0 saturated carbocycles. The summed E-state index contributed by atoms with van der Waals surface area (Å²) in [4.78, 5) is 10.6. The van der Waals surface area contributed by atoms with Gasteiger partial charge in [-0.05, 0) is 23.5 Å². The SMILES string of the molecule is CC(C)c1ccc(C(O)CCC(N)=O)cc1. The van der Waals surface area contributed by atoms with E-state index < -0.39 is 6.10 Å². The van der Waals surface area contributed by atoms with Gasteiger partial charge in [-0.25, -0.2) is 0 Å². The van der Waals surface area contributed by atoms with E-state index in [1.165, 1.54) is 5.56 Å². The molecule has 0 fully saturated rings. The summed E-state index contributed by atoms with van der Waals surface area (Å²) >= 11 is 0. The number of hydrogen-bond donors (Lipinski definition) is 2. The van der Waals surface area contributed by atoms with Crippen molar-refractivity contribution in [2.24, 2.45) is 5.73 Å². The summed E-state index contributed by atoms with van der Waals surface area (Å²) in [5, 5.41) is 9.79. The van der Waals surface area contributed by atoms with Crippen LogP contribution in [0.4, 0.5) is 0 Å². The molecular formula is C13H19NO2. The number of benzene rings is 1. The van der Waals surface area contributed by atoms with Crippen LogP contribution in [0.5, 0.6) is 0 Å². The first kappa shape index (κ1) is 12.7. The molecule has 0 bridgehead atoms. The second-order valence-electron chi connectivity index (χ2n) is 4.34. The Balaban J connectivity index is 2.62. The molecule has 16 heavy (non-hydrogen) atoms. The van der Waals surface area contributed by atoms with Crippen LogP contribution in [0.15, 0.2) is 24.3 Å². The minimum atomic E-state index is -0.603. The molecule has 1 amide bonds. The van der Waals surface area contributed by atoms with Gasteiger partial charge < -0.3 is 10.8 Å². The molecule has 1 rings (SSSR count). The Kier molecular flexibility index (Phi) is 4.50. The van der Waals surface area contributed by atoms with Crippen molar-refractivity contribution in [3.8, 4) is 0 Å². The number of hydrogen-bond acceptors (Lipinski definition) is 2. The van der Waals surface area contributed by atoms with Gasteiger partial charge in [0.1, 0.15) is 0 Å². The zero-order valence-electron chi connectivity index (χ0n) is 9.81. The summed E-state index contributed by atoms with van der Waals surface area (Å²) in [5.74, 6) is 0.106. The van der Waals surface area contributed by atoms with E-state index in [9.17, 15) is 9.90 Å². The van der Waals surface area contributed by atoms with E-state index >= 15 is 0 Å². The summed E-state index contributed by atoms with van der Waals surface area (Å²) < 4.78 is 0. The number of carbonyl (C=O) groups excluding carboxylic acids is 1. The highest BCUT2D eigenvalue weighted by Crippen LogP contribution is 2.21. The van der Waals surface area contributed by atoms with Crippen LogP contribution in [0.25, 0.3) is 0 Å². The lowest BCUT2D eigenvalue weighted by Gasteiger charge is -2.11. The van der Waals surface area contributed by atoms with Crippen molar-refractivity contribution in [3.63, 3.8) is 0 Å². The highest BCUT2D eigenvalue weighted by atomic mass is 16.3. The maximum atomic E-state index is 10.6. The van der Waals surface area contributed by atoms with Crippen LogP contribution in [-0.2, 0) is 4.79 Å². The van der Waals surface area contributed by atoms with Gasteiger partial charge in [-0.15, -0.1) is 0 Å². The van der Waals surface area contributed by atoms with Crippen LogP contribution < -0.4 is 5.73 Å². The Morgan fingerprint density at radius 2 is 1.75 bits per heavy atom. The second-order valence-corrected chi connectivity index (χ2v) is 4.34. The summed E-state index contributed by atoms with van der Waals surface area (Å²) in [6.45, 7) is 4.25. The smallest absolute Gasteiger partial charge is 0.217 e. The first-order valence-corrected chi connectivity index (χ1v) is 5.57. The van der Waals surface area contributed by atoms with Crippen LogP contribution in [0.3, 0.4) is 0 Å². The first-order chi connectivity index (χ1) is 7.50. The maximum Gasteiger partial charge on any atom is 0.217 e. The molecule has 3 N–H and O–H groups in total. The average Bonchev–Trinajstić information content (AvgIpc) is 2.26. The Labute approximate surface area is 96.3 Å². The fraction of sp³-hybridized carbons (Fsp3) is 0.462. The molecule has 1 aromatic rings. The van der Waals surface area contributed by atoms with Gasteiger partial charge in [0.05, 0.1) is 6.10 Å². The van der Waals surface area contributed by atoms with Crippen LogP contribution in [0.2, 0.25) is 0 Å². The normalized spacial score (nSPS) is 12.8. The zero-order valence-corrected chi connectivity index (χ0v) is 9.81. The van der Waals surface area contributed by atoms with Crippen molar-refractivity contribution in [3.05, 3.63) is 35.4 Å². The van der Waals surface area contributed by atoms with Crippen LogP contribution >= 0.6 is 0 Å². The monoisotopic (exact) mass is 221 g/mol. The van der Waals surface area contributed by atoms with Crippen molar-refractivity contribution in [2.75, 3.05) is 0 Å². The van der Waals surface area contributed by atoms with Gasteiger partial charge in [0, 0.05) is 6.42 Å². The Morgan fingerprint density at radius 1 is 1.25 bits per heavy atom. The maximum absolute atomic E-state index is 10.6. The average molecular weight is 221 g/mol. The van der Waals surface area contributed by atoms with Gasteiger partial charge in [-0.1, -0.05) is 38.1 Å². The highest BCUT2D eigenvalue weighted by Gasteiger charge is 2.09. The quantitative estimate of drug-likeness (QED) is 0.799. The molecule has 0 aliphatic heterocycles. The molecular weight excluding hydrogens is 202 g/mol. The van der Waals surface area contributed by atoms with E-state index in [0.29, 0.717) is 12.3 Å². The lowest BCUT2D eigenvalue weighted by molar-refractivity contribution is -0.118. The van der Waals surface area contributed by atoms with Crippen LogP contribution in [0.1, 0.15) is 49.8 Å². The first-order valence-electron chi connectivity index (χ1n) is 5.57. The minimum absolute atomic E-state index is 0.215. The molecule has 3 heteroatoms. The van der Waals surface area contributed by atoms with Crippen molar-refractivity contribution >= 4 is 5.91 Å². The topological polar surface area (TPSA) is 63.3 Å². The summed E-state index contributed by atoms with van der Waals surface area (Å²) in [5.41, 5.74) is 7.11. The van der Waals surface area contributed by atoms with Crippen molar-refractivity contribution in [1.82, 2.24) is 0 Å². The highest BCUT2D eigenvalue weighted by molar-refractivity contribution is 5.73. The number of rotatable bonds is 5. The minimum Gasteiger partial charge on any atom is -0.388 e. The number of amides is 1. The zero-order chi connectivity index (χ0) is 12.1. The lowest BCUT2D eigenvalue weighted by atomic mass is 9.98. The molecule has 0 spiro atoms. The number of aliphatic hydroxyl groups excluding tert-OH is 1. The Hall–Kier alpha value is -1.35. The third kappa shape index (κ3) is 3.66. The molecule has 0 saturated heterocycles. The van der Waals surface area contributed by atoms with Crippen LogP contribution in [0, 0.1) is 0 Å². The van der Waals surface area contributed by atoms with Crippen LogP contribution in [-0.4, -0.2) is 11.0 Å². The second kappa shape index (κ2) is 5.66. The molecule has 1 unspecified atom stereocenters. The molecule has 0 heterocycles. The van der Waals surface area contributed by atoms with Gasteiger partial charge >= 0.3 is 0 Å². The molecule has 88 valence electrons. The van der Waals surface area contributed by atoms with Gasteiger partial charge in [-0.3, -0.25) is 4.79 Å². The molecule has 1 aromatic carbocycles. The third-order valence-electron chi connectivity index (χ3n) is 2.65. The van der Waals surface area contributed by atoms with Crippen molar-refractivity contribution < 1.29 is 9.90 Å². The van der Waals surface area contributed by atoms with E-state index in [1.54, 1.807) is 0 Å². The van der Waals surface area contributed by atoms with Gasteiger partial charge in [0.15, 0.2) is 0 Å². The number of carbonyl (C=O) groups is 1. The number of nitrogens with two attached hydrogens (primary N) is 1. The van der Waals surface area contributed by atoms with E-state index in [1.807, 2.05) is 24.3 Å².